The van der Waals surface area contributed by atoms with Crippen molar-refractivity contribution in [3.8, 4) is 11.1 Å². The first-order valence-corrected chi connectivity index (χ1v) is 7.47. The van der Waals surface area contributed by atoms with Crippen molar-refractivity contribution in [2.75, 3.05) is 0 Å². The van der Waals surface area contributed by atoms with Gasteiger partial charge in [0.1, 0.15) is 11.9 Å². The van der Waals surface area contributed by atoms with E-state index >= 15 is 0 Å². The van der Waals surface area contributed by atoms with Gasteiger partial charge in [-0.05, 0) is 34.9 Å². The Morgan fingerprint density at radius 3 is 2.44 bits per heavy atom. The van der Waals surface area contributed by atoms with E-state index in [0.717, 1.165) is 11.1 Å². The first kappa shape index (κ1) is 18.1. The lowest BCUT2D eigenvalue weighted by atomic mass is 9.99. The lowest BCUT2D eigenvalue weighted by Crippen LogP contribution is -2.21. The molecular weight excluding hydrogens is 325 g/mol. The van der Waals surface area contributed by atoms with Crippen LogP contribution in [0.3, 0.4) is 0 Å². The van der Waals surface area contributed by atoms with Crippen molar-refractivity contribution >= 4 is 17.9 Å². The number of rotatable bonds is 5. The number of hydrogen-bond donors (Lipinski definition) is 3. The van der Waals surface area contributed by atoms with Crippen LogP contribution >= 0.6 is 0 Å². The van der Waals surface area contributed by atoms with Crippen LogP contribution in [0.5, 0.6) is 0 Å². The van der Waals surface area contributed by atoms with Crippen LogP contribution in [0.25, 0.3) is 11.1 Å². The van der Waals surface area contributed by atoms with Crippen LogP contribution in [-0.2, 0) is 9.47 Å². The highest BCUT2D eigenvalue weighted by atomic mass is 19.1. The molecule has 0 bridgehead atoms. The molecule has 130 valence electrons. The molecule has 2 rings (SSSR count). The molecule has 6 nitrogen and oxygen atoms in total. The van der Waals surface area contributed by atoms with Gasteiger partial charge in [0.15, 0.2) is 11.8 Å². The standard InChI is InChI=1S/C18H18FN3O3/c1-11(20)24-17(21)10-16(25-18(22)23)14-4-2-3-13(9-14)12-5-7-15(19)8-6-12/h2-9,16,20-21H,10H2,1H3,(H2,22,23). The van der Waals surface area contributed by atoms with Crippen LogP contribution in [0.1, 0.15) is 25.0 Å². The Balaban J connectivity index is 2.28. The summed E-state index contributed by atoms with van der Waals surface area (Å²) in [5.41, 5.74) is 7.32. The molecule has 1 atom stereocenters. The number of nitrogens with two attached hydrogens (primary N) is 1. The molecule has 0 spiro atoms. The Labute approximate surface area is 144 Å². The Hall–Kier alpha value is -3.22. The highest BCUT2D eigenvalue weighted by Gasteiger charge is 2.19. The van der Waals surface area contributed by atoms with Gasteiger partial charge in [0.25, 0.3) is 0 Å². The quantitative estimate of drug-likeness (QED) is 0.563. The van der Waals surface area contributed by atoms with E-state index in [2.05, 4.69) is 0 Å². The highest BCUT2D eigenvalue weighted by Crippen LogP contribution is 2.27. The van der Waals surface area contributed by atoms with Crippen molar-refractivity contribution in [2.24, 2.45) is 5.73 Å². The minimum atomic E-state index is -0.975. The summed E-state index contributed by atoms with van der Waals surface area (Å²) in [6.07, 6.45) is -1.87. The summed E-state index contributed by atoms with van der Waals surface area (Å²) in [5.74, 6) is -0.684. The van der Waals surface area contributed by atoms with Crippen molar-refractivity contribution < 1.29 is 18.7 Å². The van der Waals surface area contributed by atoms with Gasteiger partial charge in [0.05, 0.1) is 6.42 Å². The summed E-state index contributed by atoms with van der Waals surface area (Å²) < 4.78 is 23.1. The third kappa shape index (κ3) is 5.42. The molecule has 2 aromatic carbocycles. The number of benzene rings is 2. The zero-order valence-electron chi connectivity index (χ0n) is 13.6. The molecule has 0 aliphatic rings. The van der Waals surface area contributed by atoms with E-state index in [1.807, 2.05) is 6.07 Å². The van der Waals surface area contributed by atoms with E-state index in [4.69, 9.17) is 26.0 Å². The predicted molar refractivity (Wildman–Crippen MR) is 92.1 cm³/mol. The molecule has 0 saturated carbocycles. The van der Waals surface area contributed by atoms with Crippen LogP contribution < -0.4 is 5.73 Å². The molecule has 0 aliphatic carbocycles. The summed E-state index contributed by atoms with van der Waals surface area (Å²) in [6.45, 7) is 1.40. The van der Waals surface area contributed by atoms with Crippen molar-refractivity contribution in [3.05, 3.63) is 59.9 Å². The molecular formula is C18H18FN3O3. The molecule has 0 radical (unpaired) electrons. The number of carbonyl (C=O) groups excluding carboxylic acids is 1. The maximum Gasteiger partial charge on any atom is 0.405 e. The van der Waals surface area contributed by atoms with Gasteiger partial charge in [0.2, 0.25) is 0 Å². The molecule has 0 aromatic heterocycles. The van der Waals surface area contributed by atoms with Gasteiger partial charge < -0.3 is 15.2 Å². The topological polar surface area (TPSA) is 109 Å². The van der Waals surface area contributed by atoms with Gasteiger partial charge in [-0.1, -0.05) is 30.3 Å². The largest absolute Gasteiger partial charge is 0.441 e. The molecule has 4 N–H and O–H groups in total. The van der Waals surface area contributed by atoms with E-state index in [-0.39, 0.29) is 24.0 Å². The fraction of sp³-hybridized carbons (Fsp3) is 0.167. The number of carbonyl (C=O) groups is 1. The monoisotopic (exact) mass is 343 g/mol. The normalized spacial score (nSPS) is 11.4. The van der Waals surface area contributed by atoms with Crippen LogP contribution in [-0.4, -0.2) is 17.9 Å². The van der Waals surface area contributed by atoms with Crippen molar-refractivity contribution in [3.63, 3.8) is 0 Å². The second-order valence-electron chi connectivity index (χ2n) is 5.34. The van der Waals surface area contributed by atoms with E-state index < -0.39 is 12.2 Å². The van der Waals surface area contributed by atoms with Gasteiger partial charge >= 0.3 is 6.09 Å². The zero-order chi connectivity index (χ0) is 18.4. The number of amides is 1. The average molecular weight is 343 g/mol. The van der Waals surface area contributed by atoms with Gasteiger partial charge in [-0.3, -0.25) is 10.8 Å². The van der Waals surface area contributed by atoms with Crippen LogP contribution in [0.2, 0.25) is 0 Å². The van der Waals surface area contributed by atoms with E-state index in [0.29, 0.717) is 5.56 Å². The lowest BCUT2D eigenvalue weighted by Gasteiger charge is -2.18. The van der Waals surface area contributed by atoms with E-state index in [1.54, 1.807) is 30.3 Å². The Bertz CT molecular complexity index is 790. The minimum absolute atomic E-state index is 0.0635. The number of hydrogen-bond acceptors (Lipinski definition) is 5. The Morgan fingerprint density at radius 2 is 1.84 bits per heavy atom. The molecule has 1 unspecified atom stereocenters. The highest BCUT2D eigenvalue weighted by molar-refractivity contribution is 5.87. The molecule has 0 aliphatic heterocycles. The van der Waals surface area contributed by atoms with Crippen molar-refractivity contribution in [1.29, 1.82) is 10.8 Å². The van der Waals surface area contributed by atoms with E-state index in [1.165, 1.54) is 19.1 Å². The summed E-state index contributed by atoms with van der Waals surface area (Å²) >= 11 is 0. The maximum absolute atomic E-state index is 13.1. The van der Waals surface area contributed by atoms with Crippen molar-refractivity contribution in [1.82, 2.24) is 0 Å². The van der Waals surface area contributed by atoms with Crippen LogP contribution in [0, 0.1) is 16.6 Å². The SMILES string of the molecule is CC(=N)OC(=N)CC(OC(N)=O)c1cccc(-c2ccc(F)cc2)c1. The summed E-state index contributed by atoms with van der Waals surface area (Å²) in [7, 11) is 0. The Morgan fingerprint density at radius 1 is 1.16 bits per heavy atom. The van der Waals surface area contributed by atoms with Gasteiger partial charge in [0, 0.05) is 6.92 Å². The number of halogens is 1. The fourth-order valence-electron chi connectivity index (χ4n) is 2.32. The first-order valence-electron chi connectivity index (χ1n) is 7.47. The van der Waals surface area contributed by atoms with Crippen LogP contribution in [0.15, 0.2) is 48.5 Å². The third-order valence-corrected chi connectivity index (χ3v) is 3.34. The molecule has 2 aromatic rings. The molecule has 0 saturated heterocycles. The minimum Gasteiger partial charge on any atom is -0.441 e. The van der Waals surface area contributed by atoms with Gasteiger partial charge in [-0.25, -0.2) is 9.18 Å². The van der Waals surface area contributed by atoms with Gasteiger partial charge in [-0.15, -0.1) is 0 Å². The maximum atomic E-state index is 13.1. The third-order valence-electron chi connectivity index (χ3n) is 3.34. The summed E-state index contributed by atoms with van der Waals surface area (Å²) in [5, 5.41) is 15.0. The van der Waals surface area contributed by atoms with Crippen LogP contribution in [0.4, 0.5) is 9.18 Å². The lowest BCUT2D eigenvalue weighted by molar-refractivity contribution is 0.108. The molecule has 0 fully saturated rings. The number of nitrogens with one attached hydrogen (secondary N) is 2. The summed E-state index contributed by atoms with van der Waals surface area (Å²) in [6, 6.07) is 13.1. The molecule has 1 amide bonds. The number of ether oxygens (including phenoxy) is 2. The predicted octanol–water partition coefficient (Wildman–Crippen LogP) is 4.01. The smallest absolute Gasteiger partial charge is 0.405 e. The first-order chi connectivity index (χ1) is 11.8. The van der Waals surface area contributed by atoms with E-state index in [9.17, 15) is 9.18 Å². The second kappa shape index (κ2) is 8.05. The molecule has 7 heteroatoms. The molecule has 25 heavy (non-hydrogen) atoms. The van der Waals surface area contributed by atoms with Crippen molar-refractivity contribution in [2.45, 2.75) is 19.4 Å². The fourth-order valence-corrected chi connectivity index (χ4v) is 2.32. The zero-order valence-corrected chi connectivity index (χ0v) is 13.6. The summed E-state index contributed by atoms with van der Waals surface area (Å²) in [4.78, 5) is 11.2. The molecule has 0 heterocycles. The average Bonchev–Trinajstić information content (AvgIpc) is 2.54. The number of primary amides is 1. The Kier molecular flexibility index (Phi) is 5.84. The van der Waals surface area contributed by atoms with Gasteiger partial charge in [-0.2, -0.15) is 0 Å². The second-order valence-corrected chi connectivity index (χ2v) is 5.34.